The lowest BCUT2D eigenvalue weighted by molar-refractivity contribution is 0.419. The minimum Gasteiger partial charge on any atom is -0.494 e. The standard InChI is InChI=1S/C17H16FN7O/c1-26-14-7-11(10-2-4-12(18)5-3-10)6-13-16(14)22-9-23-17(13)21-8-15(24-19)25-20/h2-7,9,19H,8,20H2,1H3,(H,21,22,23)/b24-19?,25-15-. The summed E-state index contributed by atoms with van der Waals surface area (Å²) in [6, 6.07) is 9.87. The second-order valence-corrected chi connectivity index (χ2v) is 5.31. The van der Waals surface area contributed by atoms with E-state index in [1.807, 2.05) is 12.1 Å². The van der Waals surface area contributed by atoms with Gasteiger partial charge in [0.25, 0.3) is 0 Å². The van der Waals surface area contributed by atoms with Gasteiger partial charge in [-0.25, -0.2) is 19.9 Å². The number of anilines is 1. The normalized spacial score (nSPS) is 11.4. The highest BCUT2D eigenvalue weighted by Gasteiger charge is 2.12. The Hall–Kier alpha value is -3.62. The SMILES string of the molecule is COc1cc(-c2ccc(F)cc2)cc2c(NC/C(N=N)=N/N)ncnc12. The number of benzene rings is 2. The molecule has 0 saturated carbocycles. The first-order valence-electron chi connectivity index (χ1n) is 7.63. The molecule has 0 atom stereocenters. The number of aromatic nitrogens is 2. The van der Waals surface area contributed by atoms with Crippen molar-refractivity contribution in [1.29, 1.82) is 5.53 Å². The molecule has 0 saturated heterocycles. The maximum Gasteiger partial charge on any atom is 0.188 e. The summed E-state index contributed by atoms with van der Waals surface area (Å²) >= 11 is 0. The molecule has 3 aromatic rings. The molecule has 0 aliphatic rings. The van der Waals surface area contributed by atoms with Gasteiger partial charge in [-0.2, -0.15) is 5.10 Å². The van der Waals surface area contributed by atoms with Crippen LogP contribution in [-0.2, 0) is 0 Å². The summed E-state index contributed by atoms with van der Waals surface area (Å²) in [4.78, 5) is 8.51. The highest BCUT2D eigenvalue weighted by molar-refractivity contribution is 5.97. The van der Waals surface area contributed by atoms with Crippen LogP contribution in [0.4, 0.5) is 10.2 Å². The largest absolute Gasteiger partial charge is 0.494 e. The number of hydrogen-bond donors (Lipinski definition) is 3. The van der Waals surface area contributed by atoms with Crippen molar-refractivity contribution >= 4 is 22.6 Å². The van der Waals surface area contributed by atoms with E-state index in [0.29, 0.717) is 22.5 Å². The molecule has 1 aromatic heterocycles. The quantitative estimate of drug-likeness (QED) is 0.214. The van der Waals surface area contributed by atoms with Gasteiger partial charge in [-0.1, -0.05) is 12.1 Å². The van der Waals surface area contributed by atoms with Crippen molar-refractivity contribution in [3.63, 3.8) is 0 Å². The molecule has 0 unspecified atom stereocenters. The zero-order chi connectivity index (χ0) is 18.5. The minimum absolute atomic E-state index is 0.124. The van der Waals surface area contributed by atoms with Crippen molar-refractivity contribution in [2.45, 2.75) is 0 Å². The van der Waals surface area contributed by atoms with Crippen molar-refractivity contribution < 1.29 is 9.13 Å². The molecule has 9 heteroatoms. The van der Waals surface area contributed by atoms with E-state index in [-0.39, 0.29) is 18.2 Å². The van der Waals surface area contributed by atoms with E-state index in [1.54, 1.807) is 19.2 Å². The Bertz CT molecular complexity index is 973. The van der Waals surface area contributed by atoms with Crippen LogP contribution in [0.3, 0.4) is 0 Å². The Balaban J connectivity index is 2.10. The van der Waals surface area contributed by atoms with E-state index >= 15 is 0 Å². The summed E-state index contributed by atoms with van der Waals surface area (Å²) in [6.07, 6.45) is 1.40. The molecule has 0 amide bonds. The highest BCUT2D eigenvalue weighted by Crippen LogP contribution is 2.33. The van der Waals surface area contributed by atoms with Gasteiger partial charge in [0, 0.05) is 5.39 Å². The molecule has 132 valence electrons. The summed E-state index contributed by atoms with van der Waals surface area (Å²) in [7, 11) is 1.55. The molecule has 0 radical (unpaired) electrons. The van der Waals surface area contributed by atoms with Crippen LogP contribution in [0.5, 0.6) is 5.75 Å². The highest BCUT2D eigenvalue weighted by atomic mass is 19.1. The van der Waals surface area contributed by atoms with Gasteiger partial charge in [-0.15, -0.1) is 5.11 Å². The average Bonchev–Trinajstić information content (AvgIpc) is 2.68. The number of amidine groups is 1. The van der Waals surface area contributed by atoms with Crippen LogP contribution in [0, 0.1) is 11.3 Å². The number of fused-ring (bicyclic) bond motifs is 1. The molecule has 3 rings (SSSR count). The summed E-state index contributed by atoms with van der Waals surface area (Å²) in [5.74, 6) is 6.06. The van der Waals surface area contributed by atoms with Gasteiger partial charge < -0.3 is 15.9 Å². The third-order valence-electron chi connectivity index (χ3n) is 3.79. The zero-order valence-electron chi connectivity index (χ0n) is 13.9. The van der Waals surface area contributed by atoms with Gasteiger partial charge in [0.1, 0.15) is 29.2 Å². The Morgan fingerprint density at radius 1 is 1.23 bits per heavy atom. The van der Waals surface area contributed by atoms with Gasteiger partial charge in [0.2, 0.25) is 0 Å². The molecule has 4 N–H and O–H groups in total. The van der Waals surface area contributed by atoms with Gasteiger partial charge in [0.15, 0.2) is 5.84 Å². The molecule has 0 aliphatic heterocycles. The van der Waals surface area contributed by atoms with Crippen LogP contribution in [-0.4, -0.2) is 29.5 Å². The fourth-order valence-corrected chi connectivity index (χ4v) is 2.52. The van der Waals surface area contributed by atoms with Gasteiger partial charge in [-0.3, -0.25) is 0 Å². The van der Waals surface area contributed by atoms with Crippen molar-refractivity contribution in [3.05, 3.63) is 48.5 Å². The fraction of sp³-hybridized carbons (Fsp3) is 0.118. The number of ether oxygens (including phenoxy) is 1. The Morgan fingerprint density at radius 2 is 2.00 bits per heavy atom. The number of methoxy groups -OCH3 is 1. The molecule has 0 bridgehead atoms. The number of rotatable bonds is 5. The molecular weight excluding hydrogens is 337 g/mol. The van der Waals surface area contributed by atoms with E-state index in [2.05, 4.69) is 25.5 Å². The molecule has 0 aliphatic carbocycles. The van der Waals surface area contributed by atoms with Crippen LogP contribution in [0.2, 0.25) is 0 Å². The summed E-state index contributed by atoms with van der Waals surface area (Å²) in [5.41, 5.74) is 9.27. The molecule has 0 fully saturated rings. The zero-order valence-corrected chi connectivity index (χ0v) is 13.9. The van der Waals surface area contributed by atoms with Crippen LogP contribution in [0.1, 0.15) is 0 Å². The number of halogens is 1. The van der Waals surface area contributed by atoms with Crippen molar-refractivity contribution in [3.8, 4) is 16.9 Å². The number of nitrogens with zero attached hydrogens (tertiary/aromatic N) is 4. The van der Waals surface area contributed by atoms with Crippen LogP contribution >= 0.6 is 0 Å². The molecule has 26 heavy (non-hydrogen) atoms. The van der Waals surface area contributed by atoms with E-state index in [0.717, 1.165) is 11.1 Å². The van der Waals surface area contributed by atoms with E-state index in [9.17, 15) is 4.39 Å². The summed E-state index contributed by atoms with van der Waals surface area (Å²) < 4.78 is 18.7. The molecule has 0 spiro atoms. The van der Waals surface area contributed by atoms with Crippen molar-refractivity contribution in [2.24, 2.45) is 16.1 Å². The first kappa shape index (κ1) is 17.2. The van der Waals surface area contributed by atoms with Crippen LogP contribution in [0.15, 0.2) is 52.9 Å². The third-order valence-corrected chi connectivity index (χ3v) is 3.79. The predicted octanol–water partition coefficient (Wildman–Crippen LogP) is 3.16. The number of nitrogens with one attached hydrogen (secondary N) is 2. The minimum atomic E-state index is -0.306. The fourth-order valence-electron chi connectivity index (χ4n) is 2.52. The van der Waals surface area contributed by atoms with Gasteiger partial charge in [0.05, 0.1) is 13.7 Å². The molecule has 2 aromatic carbocycles. The second kappa shape index (κ2) is 7.51. The molecule has 1 heterocycles. The van der Waals surface area contributed by atoms with Crippen LogP contribution in [0.25, 0.3) is 22.0 Å². The van der Waals surface area contributed by atoms with Crippen molar-refractivity contribution in [1.82, 2.24) is 9.97 Å². The Kier molecular flexibility index (Phi) is 4.97. The summed E-state index contributed by atoms with van der Waals surface area (Å²) in [6.45, 7) is 0.134. The average molecular weight is 353 g/mol. The Labute approximate surface area is 148 Å². The third kappa shape index (κ3) is 3.41. The number of hydrazone groups is 1. The van der Waals surface area contributed by atoms with E-state index < -0.39 is 0 Å². The topological polar surface area (TPSA) is 122 Å². The van der Waals surface area contributed by atoms with Gasteiger partial charge >= 0.3 is 0 Å². The monoisotopic (exact) mass is 353 g/mol. The number of nitrogens with two attached hydrogens (primary N) is 1. The smallest absolute Gasteiger partial charge is 0.188 e. The first-order chi connectivity index (χ1) is 12.7. The second-order valence-electron chi connectivity index (χ2n) is 5.31. The first-order valence-corrected chi connectivity index (χ1v) is 7.63. The van der Waals surface area contributed by atoms with E-state index in [1.165, 1.54) is 18.5 Å². The predicted molar refractivity (Wildman–Crippen MR) is 96.7 cm³/mol. The Morgan fingerprint density at radius 3 is 2.65 bits per heavy atom. The van der Waals surface area contributed by atoms with Crippen molar-refractivity contribution in [2.75, 3.05) is 19.0 Å². The lowest BCUT2D eigenvalue weighted by Crippen LogP contribution is -2.14. The maximum atomic E-state index is 13.2. The van der Waals surface area contributed by atoms with Gasteiger partial charge in [-0.05, 0) is 35.4 Å². The molecule has 8 nitrogen and oxygen atoms in total. The molecular formula is C17H16FN7O. The lowest BCUT2D eigenvalue weighted by Gasteiger charge is -2.12. The van der Waals surface area contributed by atoms with E-state index in [4.69, 9.17) is 16.1 Å². The maximum absolute atomic E-state index is 13.2. The lowest BCUT2D eigenvalue weighted by atomic mass is 10.0. The summed E-state index contributed by atoms with van der Waals surface area (Å²) in [5, 5.41) is 10.4. The van der Waals surface area contributed by atoms with Crippen LogP contribution < -0.4 is 15.9 Å². The number of hydrogen-bond acceptors (Lipinski definition) is 7.